The number of carbonyl (C=O) groups is 1. The molecule has 0 aromatic heterocycles. The van der Waals surface area contributed by atoms with Gasteiger partial charge >= 0.3 is 0 Å². The molecule has 0 radical (unpaired) electrons. The summed E-state index contributed by atoms with van der Waals surface area (Å²) in [5.41, 5.74) is 1.40. The Hall–Kier alpha value is -2.12. The van der Waals surface area contributed by atoms with Crippen molar-refractivity contribution in [3.63, 3.8) is 0 Å². The zero-order valence-corrected chi connectivity index (χ0v) is 10.5. The Morgan fingerprint density at radius 3 is 3.00 bits per heavy atom. The Kier molecular flexibility index (Phi) is 4.32. The lowest BCUT2D eigenvalue weighted by Crippen LogP contribution is -2.37. The number of aliphatic hydroxyl groups excluding tert-OH is 1. The van der Waals surface area contributed by atoms with Crippen LogP contribution >= 0.6 is 0 Å². The first kappa shape index (κ1) is 13.3. The molecule has 1 amide bonds. The Bertz CT molecular complexity index is 525. The van der Waals surface area contributed by atoms with Crippen LogP contribution in [0.5, 0.6) is 0 Å². The molecule has 0 saturated heterocycles. The van der Waals surface area contributed by atoms with E-state index in [4.69, 9.17) is 10.4 Å². The molecule has 4 nitrogen and oxygen atoms in total. The van der Waals surface area contributed by atoms with Gasteiger partial charge in [-0.25, -0.2) is 0 Å². The van der Waals surface area contributed by atoms with E-state index in [2.05, 4.69) is 11.4 Å². The van der Waals surface area contributed by atoms with Crippen molar-refractivity contribution in [3.05, 3.63) is 41.5 Å². The van der Waals surface area contributed by atoms with Crippen molar-refractivity contribution < 1.29 is 9.90 Å². The normalized spacial score (nSPS) is 21.7. The van der Waals surface area contributed by atoms with Gasteiger partial charge in [-0.05, 0) is 42.5 Å². The van der Waals surface area contributed by atoms with E-state index in [1.54, 1.807) is 24.3 Å². The minimum Gasteiger partial charge on any atom is -0.393 e. The number of hydrogen-bond donors (Lipinski definition) is 2. The molecule has 0 spiro atoms. The second-order valence-corrected chi connectivity index (χ2v) is 4.81. The maximum absolute atomic E-state index is 11.6. The molecule has 19 heavy (non-hydrogen) atoms. The van der Waals surface area contributed by atoms with E-state index in [0.29, 0.717) is 18.0 Å². The summed E-state index contributed by atoms with van der Waals surface area (Å²) in [6.07, 6.45) is 4.51. The zero-order valence-electron chi connectivity index (χ0n) is 10.5. The predicted molar refractivity (Wildman–Crippen MR) is 71.9 cm³/mol. The summed E-state index contributed by atoms with van der Waals surface area (Å²) in [4.78, 5) is 11.6. The first-order chi connectivity index (χ1) is 9.17. The second-order valence-electron chi connectivity index (χ2n) is 4.81. The summed E-state index contributed by atoms with van der Waals surface area (Å²) in [6.45, 7) is 0.610. The number of aliphatic hydroxyl groups is 1. The third-order valence-electron chi connectivity index (χ3n) is 3.22. The molecule has 1 aromatic carbocycles. The van der Waals surface area contributed by atoms with Crippen molar-refractivity contribution >= 4 is 12.0 Å². The van der Waals surface area contributed by atoms with Crippen molar-refractivity contribution in [1.82, 2.24) is 5.32 Å². The van der Waals surface area contributed by atoms with Crippen LogP contribution < -0.4 is 5.32 Å². The fraction of sp³-hybridized carbons (Fsp3) is 0.333. The van der Waals surface area contributed by atoms with E-state index in [-0.39, 0.29) is 12.0 Å². The van der Waals surface area contributed by atoms with Crippen molar-refractivity contribution in [2.24, 2.45) is 5.92 Å². The first-order valence-corrected chi connectivity index (χ1v) is 6.31. The third kappa shape index (κ3) is 3.94. The Morgan fingerprint density at radius 2 is 2.32 bits per heavy atom. The molecule has 1 aromatic rings. The van der Waals surface area contributed by atoms with E-state index in [9.17, 15) is 4.79 Å². The summed E-state index contributed by atoms with van der Waals surface area (Å²) in [5.74, 6) is 0.248. The highest BCUT2D eigenvalue weighted by Crippen LogP contribution is 2.25. The summed E-state index contributed by atoms with van der Waals surface area (Å²) >= 11 is 0. The maximum atomic E-state index is 11.6. The maximum Gasteiger partial charge on any atom is 0.244 e. The van der Waals surface area contributed by atoms with Gasteiger partial charge in [0.1, 0.15) is 0 Å². The quantitative estimate of drug-likeness (QED) is 0.801. The number of nitrogens with one attached hydrogen (secondary N) is 1. The monoisotopic (exact) mass is 256 g/mol. The van der Waals surface area contributed by atoms with Crippen LogP contribution in [0, 0.1) is 17.2 Å². The number of amides is 1. The summed E-state index contributed by atoms with van der Waals surface area (Å²) in [5, 5.41) is 20.7. The van der Waals surface area contributed by atoms with Crippen LogP contribution in [0.25, 0.3) is 6.08 Å². The van der Waals surface area contributed by atoms with Gasteiger partial charge in [-0.2, -0.15) is 5.26 Å². The van der Waals surface area contributed by atoms with Gasteiger partial charge in [0.15, 0.2) is 0 Å². The molecule has 1 aliphatic rings. The summed E-state index contributed by atoms with van der Waals surface area (Å²) in [7, 11) is 0. The summed E-state index contributed by atoms with van der Waals surface area (Å²) < 4.78 is 0. The Balaban J connectivity index is 1.80. The highest BCUT2D eigenvalue weighted by atomic mass is 16.3. The molecule has 98 valence electrons. The molecule has 0 unspecified atom stereocenters. The molecule has 0 aliphatic heterocycles. The predicted octanol–water partition coefficient (Wildman–Crippen LogP) is 1.46. The second kappa shape index (κ2) is 6.17. The molecule has 0 heterocycles. The number of carbonyl (C=O) groups excluding carboxylic acids is 1. The van der Waals surface area contributed by atoms with Gasteiger partial charge in [-0.3, -0.25) is 4.79 Å². The van der Waals surface area contributed by atoms with Gasteiger partial charge in [0, 0.05) is 12.6 Å². The van der Waals surface area contributed by atoms with Crippen LogP contribution in [0.3, 0.4) is 0 Å². The van der Waals surface area contributed by atoms with E-state index in [1.165, 1.54) is 6.08 Å². The standard InChI is InChI=1S/C15H16N2O2/c16-9-12-3-1-2-11(6-12)4-5-15(19)17-10-13-7-14(18)8-13/h1-6,13-14,18H,7-8,10H2,(H,17,19). The lowest BCUT2D eigenvalue weighted by molar-refractivity contribution is -0.117. The number of nitriles is 1. The smallest absolute Gasteiger partial charge is 0.244 e. The van der Waals surface area contributed by atoms with Gasteiger partial charge in [0.25, 0.3) is 0 Å². The fourth-order valence-corrected chi connectivity index (χ4v) is 2.05. The van der Waals surface area contributed by atoms with Gasteiger partial charge < -0.3 is 10.4 Å². The van der Waals surface area contributed by atoms with Crippen molar-refractivity contribution in [3.8, 4) is 6.07 Å². The van der Waals surface area contributed by atoms with Crippen molar-refractivity contribution in [1.29, 1.82) is 5.26 Å². The van der Waals surface area contributed by atoms with Gasteiger partial charge in [0.2, 0.25) is 5.91 Å². The third-order valence-corrected chi connectivity index (χ3v) is 3.22. The SMILES string of the molecule is N#Cc1cccc(C=CC(=O)NCC2CC(O)C2)c1. The minimum atomic E-state index is -0.189. The lowest BCUT2D eigenvalue weighted by Gasteiger charge is -2.31. The van der Waals surface area contributed by atoms with Gasteiger partial charge in [-0.1, -0.05) is 12.1 Å². The topological polar surface area (TPSA) is 73.1 Å². The van der Waals surface area contributed by atoms with Crippen LogP contribution in [0.4, 0.5) is 0 Å². The lowest BCUT2D eigenvalue weighted by atomic mass is 9.82. The average molecular weight is 256 g/mol. The molecule has 1 fully saturated rings. The molecule has 2 N–H and O–H groups in total. The molecular weight excluding hydrogens is 240 g/mol. The van der Waals surface area contributed by atoms with Gasteiger partial charge in [0.05, 0.1) is 17.7 Å². The number of benzene rings is 1. The van der Waals surface area contributed by atoms with Crippen LogP contribution in [-0.4, -0.2) is 23.7 Å². The van der Waals surface area contributed by atoms with E-state index in [0.717, 1.165) is 18.4 Å². The van der Waals surface area contributed by atoms with E-state index < -0.39 is 0 Å². The number of nitrogens with zero attached hydrogens (tertiary/aromatic N) is 1. The Morgan fingerprint density at radius 1 is 1.53 bits per heavy atom. The first-order valence-electron chi connectivity index (χ1n) is 6.31. The zero-order chi connectivity index (χ0) is 13.7. The van der Waals surface area contributed by atoms with Crippen LogP contribution in [-0.2, 0) is 4.79 Å². The van der Waals surface area contributed by atoms with Crippen molar-refractivity contribution in [2.45, 2.75) is 18.9 Å². The molecule has 1 saturated carbocycles. The highest BCUT2D eigenvalue weighted by Gasteiger charge is 2.26. The minimum absolute atomic E-state index is 0.149. The van der Waals surface area contributed by atoms with E-state index in [1.807, 2.05) is 6.07 Å². The fourth-order valence-electron chi connectivity index (χ4n) is 2.05. The number of hydrogen-bond acceptors (Lipinski definition) is 3. The molecule has 2 rings (SSSR count). The Labute approximate surface area is 112 Å². The van der Waals surface area contributed by atoms with E-state index >= 15 is 0 Å². The number of rotatable bonds is 4. The molecule has 0 atom stereocenters. The average Bonchev–Trinajstić information content (AvgIpc) is 2.40. The molecule has 0 bridgehead atoms. The molecule has 4 heteroatoms. The molecule has 1 aliphatic carbocycles. The highest BCUT2D eigenvalue weighted by molar-refractivity contribution is 5.91. The largest absolute Gasteiger partial charge is 0.393 e. The summed E-state index contributed by atoms with van der Waals surface area (Å²) in [6, 6.07) is 9.13. The van der Waals surface area contributed by atoms with Crippen LogP contribution in [0.2, 0.25) is 0 Å². The van der Waals surface area contributed by atoms with Gasteiger partial charge in [-0.15, -0.1) is 0 Å². The van der Waals surface area contributed by atoms with Crippen molar-refractivity contribution in [2.75, 3.05) is 6.54 Å². The molecular formula is C15H16N2O2. The van der Waals surface area contributed by atoms with Crippen LogP contribution in [0.15, 0.2) is 30.3 Å². The van der Waals surface area contributed by atoms with Crippen LogP contribution in [0.1, 0.15) is 24.0 Å².